The molecule has 1 fully saturated rings. The van der Waals surface area contributed by atoms with Crippen LogP contribution < -0.4 is 16.0 Å². The van der Waals surface area contributed by atoms with Crippen LogP contribution >= 0.6 is 0 Å². The number of amides is 3. The maximum atomic E-state index is 13.9. The van der Waals surface area contributed by atoms with Crippen LogP contribution in [0.2, 0.25) is 0 Å². The number of carbonyl (C=O) groups excluding carboxylic acids is 3. The summed E-state index contributed by atoms with van der Waals surface area (Å²) in [5.41, 5.74) is 4.69. The lowest BCUT2D eigenvalue weighted by Gasteiger charge is -2.17. The van der Waals surface area contributed by atoms with Crippen molar-refractivity contribution < 1.29 is 27.6 Å². The van der Waals surface area contributed by atoms with Gasteiger partial charge in [-0.15, -0.1) is 0 Å². The molecule has 0 saturated carbocycles. The first kappa shape index (κ1) is 18.4. The fourth-order valence-electron chi connectivity index (χ4n) is 2.85. The SMILES string of the molecule is NC(=O)c1cc(NC(=O)C2CC(=O)N(c3ccc(F)cc3F)C2)ccc1F. The summed E-state index contributed by atoms with van der Waals surface area (Å²) >= 11 is 0. The second-order valence-electron chi connectivity index (χ2n) is 6.05. The summed E-state index contributed by atoms with van der Waals surface area (Å²) in [6.45, 7) is -0.100. The van der Waals surface area contributed by atoms with Crippen LogP contribution in [0.3, 0.4) is 0 Å². The van der Waals surface area contributed by atoms with E-state index in [0.717, 1.165) is 29.2 Å². The van der Waals surface area contributed by atoms with Crippen LogP contribution in [0.25, 0.3) is 0 Å². The lowest BCUT2D eigenvalue weighted by Crippen LogP contribution is -2.28. The number of benzene rings is 2. The number of hydrogen-bond acceptors (Lipinski definition) is 3. The Morgan fingerprint density at radius 1 is 1.07 bits per heavy atom. The molecule has 1 heterocycles. The summed E-state index contributed by atoms with van der Waals surface area (Å²) in [5, 5.41) is 2.48. The van der Waals surface area contributed by atoms with Gasteiger partial charge < -0.3 is 16.0 Å². The third-order valence-corrected chi connectivity index (χ3v) is 4.20. The highest BCUT2D eigenvalue weighted by Crippen LogP contribution is 2.28. The highest BCUT2D eigenvalue weighted by atomic mass is 19.1. The van der Waals surface area contributed by atoms with Gasteiger partial charge >= 0.3 is 0 Å². The van der Waals surface area contributed by atoms with Crippen molar-refractivity contribution in [3.05, 3.63) is 59.4 Å². The number of nitrogens with one attached hydrogen (secondary N) is 1. The maximum absolute atomic E-state index is 13.9. The van der Waals surface area contributed by atoms with Crippen molar-refractivity contribution >= 4 is 29.1 Å². The Morgan fingerprint density at radius 2 is 1.81 bits per heavy atom. The van der Waals surface area contributed by atoms with Crippen molar-refractivity contribution in [2.45, 2.75) is 6.42 Å². The molecule has 0 spiro atoms. The zero-order valence-corrected chi connectivity index (χ0v) is 13.8. The molecule has 2 aromatic rings. The van der Waals surface area contributed by atoms with Gasteiger partial charge in [-0.25, -0.2) is 13.2 Å². The van der Waals surface area contributed by atoms with Crippen molar-refractivity contribution in [3.8, 4) is 0 Å². The monoisotopic (exact) mass is 377 g/mol. The van der Waals surface area contributed by atoms with Gasteiger partial charge in [-0.3, -0.25) is 14.4 Å². The minimum atomic E-state index is -0.988. The summed E-state index contributed by atoms with van der Waals surface area (Å²) in [5.74, 6) is -5.35. The molecule has 1 aliphatic heterocycles. The quantitative estimate of drug-likeness (QED) is 0.856. The molecular formula is C18H14F3N3O3. The maximum Gasteiger partial charge on any atom is 0.251 e. The number of rotatable bonds is 4. The topological polar surface area (TPSA) is 92.5 Å². The number of anilines is 2. The lowest BCUT2D eigenvalue weighted by atomic mass is 10.1. The summed E-state index contributed by atoms with van der Waals surface area (Å²) in [6, 6.07) is 6.11. The van der Waals surface area contributed by atoms with Gasteiger partial charge in [0.1, 0.15) is 17.5 Å². The van der Waals surface area contributed by atoms with Gasteiger partial charge in [0.2, 0.25) is 11.8 Å². The smallest absolute Gasteiger partial charge is 0.251 e. The normalized spacial score (nSPS) is 16.5. The molecule has 1 atom stereocenters. The highest BCUT2D eigenvalue weighted by molar-refractivity contribution is 6.04. The highest BCUT2D eigenvalue weighted by Gasteiger charge is 2.36. The van der Waals surface area contributed by atoms with Crippen LogP contribution in [0.5, 0.6) is 0 Å². The van der Waals surface area contributed by atoms with Crippen LogP contribution in [0.15, 0.2) is 36.4 Å². The molecule has 1 unspecified atom stereocenters. The second-order valence-corrected chi connectivity index (χ2v) is 6.05. The van der Waals surface area contributed by atoms with Gasteiger partial charge in [-0.1, -0.05) is 0 Å². The van der Waals surface area contributed by atoms with Crippen LogP contribution in [-0.4, -0.2) is 24.3 Å². The van der Waals surface area contributed by atoms with Gasteiger partial charge in [0.25, 0.3) is 5.91 Å². The van der Waals surface area contributed by atoms with Gasteiger partial charge in [-0.05, 0) is 30.3 Å². The largest absolute Gasteiger partial charge is 0.366 e. The molecule has 0 aliphatic carbocycles. The van der Waals surface area contributed by atoms with Crippen molar-refractivity contribution in [3.63, 3.8) is 0 Å². The summed E-state index contributed by atoms with van der Waals surface area (Å²) < 4.78 is 40.4. The molecule has 0 aromatic heterocycles. The van der Waals surface area contributed by atoms with Gasteiger partial charge in [-0.2, -0.15) is 0 Å². The molecule has 27 heavy (non-hydrogen) atoms. The summed E-state index contributed by atoms with van der Waals surface area (Å²) in [4.78, 5) is 36.8. The van der Waals surface area contributed by atoms with Crippen LogP contribution in [0.1, 0.15) is 16.8 Å². The first-order chi connectivity index (χ1) is 12.8. The fourth-order valence-corrected chi connectivity index (χ4v) is 2.85. The van der Waals surface area contributed by atoms with Crippen molar-refractivity contribution in [1.82, 2.24) is 0 Å². The average molecular weight is 377 g/mol. The number of halogens is 3. The third kappa shape index (κ3) is 3.76. The van der Waals surface area contributed by atoms with Crippen LogP contribution in [-0.2, 0) is 9.59 Å². The van der Waals surface area contributed by atoms with Gasteiger partial charge in [0.15, 0.2) is 0 Å². The Morgan fingerprint density at radius 3 is 2.48 bits per heavy atom. The van der Waals surface area contributed by atoms with E-state index in [1.807, 2.05) is 0 Å². The Labute approximate surface area is 151 Å². The molecule has 140 valence electrons. The number of primary amides is 1. The van der Waals surface area contributed by atoms with E-state index >= 15 is 0 Å². The van der Waals surface area contributed by atoms with E-state index in [0.29, 0.717) is 6.07 Å². The van der Waals surface area contributed by atoms with E-state index in [4.69, 9.17) is 5.73 Å². The molecule has 0 bridgehead atoms. The van der Waals surface area contributed by atoms with E-state index in [1.165, 1.54) is 6.07 Å². The molecule has 1 saturated heterocycles. The standard InChI is InChI=1S/C18H14F3N3O3/c19-10-1-4-15(14(21)6-10)24-8-9(5-16(24)25)18(27)23-11-2-3-13(20)12(7-11)17(22)26/h1-4,6-7,9H,5,8H2,(H2,22,26)(H,23,27). The molecule has 6 nitrogen and oxygen atoms in total. The van der Waals surface area contributed by atoms with E-state index in [9.17, 15) is 27.6 Å². The Bertz CT molecular complexity index is 949. The van der Waals surface area contributed by atoms with E-state index in [-0.39, 0.29) is 29.9 Å². The Hall–Kier alpha value is -3.36. The fraction of sp³-hybridized carbons (Fsp3) is 0.167. The van der Waals surface area contributed by atoms with Crippen molar-refractivity contribution in [2.75, 3.05) is 16.8 Å². The number of carbonyl (C=O) groups is 3. The summed E-state index contributed by atoms with van der Waals surface area (Å²) in [7, 11) is 0. The molecule has 1 aliphatic rings. The zero-order chi connectivity index (χ0) is 19.7. The van der Waals surface area contributed by atoms with E-state index in [2.05, 4.69) is 5.32 Å². The zero-order valence-electron chi connectivity index (χ0n) is 13.8. The Balaban J connectivity index is 1.74. The Kier molecular flexibility index (Phi) is 4.85. The second kappa shape index (κ2) is 7.10. The van der Waals surface area contributed by atoms with Crippen LogP contribution in [0, 0.1) is 23.4 Å². The third-order valence-electron chi connectivity index (χ3n) is 4.20. The molecular weight excluding hydrogens is 363 g/mol. The lowest BCUT2D eigenvalue weighted by molar-refractivity contribution is -0.122. The molecule has 2 aromatic carbocycles. The molecule has 9 heteroatoms. The molecule has 3 rings (SSSR count). The van der Waals surface area contributed by atoms with E-state index < -0.39 is 41.1 Å². The first-order valence-electron chi connectivity index (χ1n) is 7.92. The predicted octanol–water partition coefficient (Wildman–Crippen LogP) is 2.19. The van der Waals surface area contributed by atoms with Crippen molar-refractivity contribution in [2.24, 2.45) is 11.7 Å². The number of nitrogens with two attached hydrogens (primary N) is 1. The number of hydrogen-bond donors (Lipinski definition) is 2. The average Bonchev–Trinajstić information content (AvgIpc) is 2.98. The molecule has 3 amide bonds. The van der Waals surface area contributed by atoms with Gasteiger partial charge in [0.05, 0.1) is 17.2 Å². The van der Waals surface area contributed by atoms with Crippen molar-refractivity contribution in [1.29, 1.82) is 0 Å². The summed E-state index contributed by atoms with van der Waals surface area (Å²) in [6.07, 6.45) is -0.174. The molecule has 3 N–H and O–H groups in total. The van der Waals surface area contributed by atoms with Gasteiger partial charge in [0, 0.05) is 24.7 Å². The minimum absolute atomic E-state index is 0.100. The predicted molar refractivity (Wildman–Crippen MR) is 90.4 cm³/mol. The first-order valence-corrected chi connectivity index (χ1v) is 7.92. The minimum Gasteiger partial charge on any atom is -0.366 e. The number of nitrogens with zero attached hydrogens (tertiary/aromatic N) is 1. The van der Waals surface area contributed by atoms with E-state index in [1.54, 1.807) is 0 Å². The van der Waals surface area contributed by atoms with Crippen LogP contribution in [0.4, 0.5) is 24.5 Å². The molecule has 0 radical (unpaired) electrons.